The minimum atomic E-state index is -0.238. The summed E-state index contributed by atoms with van der Waals surface area (Å²) in [4.78, 5) is 14.3. The lowest BCUT2D eigenvalue weighted by Gasteiger charge is -2.22. The van der Waals surface area contributed by atoms with Crippen LogP contribution in [0.2, 0.25) is 0 Å². The molecule has 0 unspecified atom stereocenters. The van der Waals surface area contributed by atoms with E-state index in [0.29, 0.717) is 5.75 Å². The summed E-state index contributed by atoms with van der Waals surface area (Å²) in [5.74, 6) is 0.640. The molecule has 3 heteroatoms. The molecule has 1 amide bonds. The quantitative estimate of drug-likeness (QED) is 0.699. The highest BCUT2D eigenvalue weighted by molar-refractivity contribution is 5.90. The van der Waals surface area contributed by atoms with Crippen molar-refractivity contribution < 1.29 is 9.53 Å². The Bertz CT molecular complexity index is 596. The molecule has 3 nitrogen and oxygen atoms in total. The molecule has 0 fully saturated rings. The average Bonchev–Trinajstić information content (AvgIpc) is 2.55. The van der Waals surface area contributed by atoms with Gasteiger partial charge in [-0.3, -0.25) is 0 Å². The number of hydrogen-bond acceptors (Lipinski definition) is 2. The first-order valence-corrected chi connectivity index (χ1v) is 8.20. The van der Waals surface area contributed by atoms with Crippen molar-refractivity contribution in [2.24, 2.45) is 0 Å². The lowest BCUT2D eigenvalue weighted by molar-refractivity contribution is 0.151. The monoisotopic (exact) mass is 299 g/mol. The molecule has 0 atom stereocenters. The van der Waals surface area contributed by atoms with E-state index in [4.69, 9.17) is 4.74 Å². The summed E-state index contributed by atoms with van der Waals surface area (Å²) in [6.07, 6.45) is 3.93. The van der Waals surface area contributed by atoms with Crippen LogP contribution in [-0.2, 0) is 0 Å². The number of unbranched alkanes of at least 4 members (excludes halogenated alkanes) is 2. The summed E-state index contributed by atoms with van der Waals surface area (Å²) in [6.45, 7) is 5.79. The third kappa shape index (κ3) is 4.23. The number of carbonyl (C=O) groups is 1. The Labute approximate surface area is 132 Å². The molecule has 0 bridgehead atoms. The minimum Gasteiger partial charge on any atom is -0.410 e. The van der Waals surface area contributed by atoms with Crippen LogP contribution in [0.4, 0.5) is 4.79 Å². The molecule has 2 aromatic carbocycles. The van der Waals surface area contributed by atoms with Crippen molar-refractivity contribution in [1.82, 2.24) is 4.90 Å². The van der Waals surface area contributed by atoms with Gasteiger partial charge in [-0.2, -0.15) is 0 Å². The third-order valence-corrected chi connectivity index (χ3v) is 3.77. The number of rotatable bonds is 7. The molecule has 0 heterocycles. The Morgan fingerprint density at radius 3 is 2.27 bits per heavy atom. The second-order valence-electron chi connectivity index (χ2n) is 5.54. The Balaban J connectivity index is 2.13. The first-order chi connectivity index (χ1) is 10.8. The van der Waals surface area contributed by atoms with Crippen molar-refractivity contribution in [3.8, 4) is 5.75 Å². The summed E-state index contributed by atoms with van der Waals surface area (Å²) in [5, 5.41) is 2.06. The first-order valence-electron chi connectivity index (χ1n) is 8.20. The van der Waals surface area contributed by atoms with E-state index in [1.165, 1.54) is 0 Å². The van der Waals surface area contributed by atoms with Crippen LogP contribution in [0.3, 0.4) is 0 Å². The summed E-state index contributed by atoms with van der Waals surface area (Å²) >= 11 is 0. The van der Waals surface area contributed by atoms with Crippen molar-refractivity contribution >= 4 is 16.9 Å². The molecule has 2 aromatic rings. The SMILES string of the molecule is CCCCN(CCCC)C(=O)Oc1cccc2ccccc12. The molecular formula is C19H25NO2. The van der Waals surface area contributed by atoms with Gasteiger partial charge in [-0.15, -0.1) is 0 Å². The van der Waals surface area contributed by atoms with Crippen LogP contribution < -0.4 is 4.74 Å². The van der Waals surface area contributed by atoms with E-state index in [1.807, 2.05) is 47.4 Å². The number of fused-ring (bicyclic) bond motifs is 1. The second-order valence-corrected chi connectivity index (χ2v) is 5.54. The molecule has 0 aliphatic rings. The van der Waals surface area contributed by atoms with Crippen LogP contribution in [0.1, 0.15) is 39.5 Å². The molecule has 0 N–H and O–H groups in total. The lowest BCUT2D eigenvalue weighted by atomic mass is 10.1. The topological polar surface area (TPSA) is 29.5 Å². The van der Waals surface area contributed by atoms with Gasteiger partial charge in [0, 0.05) is 18.5 Å². The predicted octanol–water partition coefficient (Wildman–Crippen LogP) is 5.24. The average molecular weight is 299 g/mol. The standard InChI is InChI=1S/C19H25NO2/c1-3-5-14-20(15-6-4-2)19(21)22-18-13-9-11-16-10-7-8-12-17(16)18/h7-13H,3-6,14-15H2,1-2H3. The van der Waals surface area contributed by atoms with Crippen molar-refractivity contribution in [3.05, 3.63) is 42.5 Å². The zero-order chi connectivity index (χ0) is 15.8. The number of ether oxygens (including phenoxy) is 1. The summed E-state index contributed by atoms with van der Waals surface area (Å²) in [5.41, 5.74) is 0. The molecular weight excluding hydrogens is 274 g/mol. The van der Waals surface area contributed by atoms with Gasteiger partial charge in [-0.1, -0.05) is 63.1 Å². The van der Waals surface area contributed by atoms with Crippen LogP contribution >= 0.6 is 0 Å². The van der Waals surface area contributed by atoms with Gasteiger partial charge in [0.25, 0.3) is 0 Å². The highest BCUT2D eigenvalue weighted by Crippen LogP contribution is 2.25. The molecule has 0 saturated heterocycles. The smallest absolute Gasteiger partial charge is 0.410 e. The van der Waals surface area contributed by atoms with Gasteiger partial charge in [0.15, 0.2) is 0 Å². The van der Waals surface area contributed by atoms with Gasteiger partial charge >= 0.3 is 6.09 Å². The fourth-order valence-electron chi connectivity index (χ4n) is 2.44. The fourth-order valence-corrected chi connectivity index (χ4v) is 2.44. The number of amides is 1. The molecule has 0 saturated carbocycles. The lowest BCUT2D eigenvalue weighted by Crippen LogP contribution is -2.35. The maximum Gasteiger partial charge on any atom is 0.415 e. The van der Waals surface area contributed by atoms with Gasteiger partial charge in [0.2, 0.25) is 0 Å². The van der Waals surface area contributed by atoms with E-state index in [9.17, 15) is 4.79 Å². The van der Waals surface area contributed by atoms with Gasteiger partial charge < -0.3 is 9.64 Å². The predicted molar refractivity (Wildman–Crippen MR) is 91.4 cm³/mol. The van der Waals surface area contributed by atoms with Gasteiger partial charge in [0.05, 0.1) is 0 Å². The third-order valence-electron chi connectivity index (χ3n) is 3.77. The normalized spacial score (nSPS) is 10.6. The summed E-state index contributed by atoms with van der Waals surface area (Å²) < 4.78 is 5.67. The van der Waals surface area contributed by atoms with Crippen LogP contribution in [0, 0.1) is 0 Å². The highest BCUT2D eigenvalue weighted by atomic mass is 16.6. The maximum atomic E-state index is 12.5. The van der Waals surface area contributed by atoms with E-state index >= 15 is 0 Å². The fraction of sp³-hybridized carbons (Fsp3) is 0.421. The van der Waals surface area contributed by atoms with Crippen molar-refractivity contribution in [2.45, 2.75) is 39.5 Å². The van der Waals surface area contributed by atoms with Crippen LogP contribution in [0.15, 0.2) is 42.5 Å². The summed E-state index contributed by atoms with van der Waals surface area (Å²) in [6, 6.07) is 13.8. The van der Waals surface area contributed by atoms with Crippen LogP contribution in [0.25, 0.3) is 10.8 Å². The highest BCUT2D eigenvalue weighted by Gasteiger charge is 2.15. The van der Waals surface area contributed by atoms with E-state index in [-0.39, 0.29) is 6.09 Å². The number of hydrogen-bond donors (Lipinski definition) is 0. The Morgan fingerprint density at radius 2 is 1.59 bits per heavy atom. The molecule has 118 valence electrons. The molecule has 0 spiro atoms. The van der Waals surface area contributed by atoms with Crippen LogP contribution in [-0.4, -0.2) is 24.1 Å². The van der Waals surface area contributed by atoms with Gasteiger partial charge in [-0.05, 0) is 24.3 Å². The molecule has 2 rings (SSSR count). The van der Waals surface area contributed by atoms with Crippen molar-refractivity contribution in [3.63, 3.8) is 0 Å². The first kappa shape index (κ1) is 16.3. The van der Waals surface area contributed by atoms with Crippen LogP contribution in [0.5, 0.6) is 5.75 Å². The zero-order valence-corrected chi connectivity index (χ0v) is 13.5. The van der Waals surface area contributed by atoms with Gasteiger partial charge in [-0.25, -0.2) is 4.79 Å². The minimum absolute atomic E-state index is 0.238. The Kier molecular flexibility index (Phi) is 6.26. The van der Waals surface area contributed by atoms with Crippen molar-refractivity contribution in [1.29, 1.82) is 0 Å². The zero-order valence-electron chi connectivity index (χ0n) is 13.5. The molecule has 0 aromatic heterocycles. The number of nitrogens with zero attached hydrogens (tertiary/aromatic N) is 1. The second kappa shape index (κ2) is 8.42. The molecule has 22 heavy (non-hydrogen) atoms. The molecule has 0 aliphatic carbocycles. The van der Waals surface area contributed by atoms with E-state index < -0.39 is 0 Å². The Hall–Kier alpha value is -2.03. The summed E-state index contributed by atoms with van der Waals surface area (Å²) in [7, 11) is 0. The van der Waals surface area contributed by atoms with Crippen molar-refractivity contribution in [2.75, 3.05) is 13.1 Å². The van der Waals surface area contributed by atoms with E-state index in [2.05, 4.69) is 13.8 Å². The number of carbonyl (C=O) groups excluding carboxylic acids is 1. The maximum absolute atomic E-state index is 12.5. The Morgan fingerprint density at radius 1 is 0.955 bits per heavy atom. The molecule has 0 aliphatic heterocycles. The van der Waals surface area contributed by atoms with Gasteiger partial charge in [0.1, 0.15) is 5.75 Å². The molecule has 0 radical (unpaired) electrons. The largest absolute Gasteiger partial charge is 0.415 e. The van der Waals surface area contributed by atoms with E-state index in [0.717, 1.165) is 49.5 Å². The van der Waals surface area contributed by atoms with E-state index in [1.54, 1.807) is 0 Å². The number of benzene rings is 2.